The third-order valence-electron chi connectivity index (χ3n) is 1.23. The van der Waals surface area contributed by atoms with E-state index in [1.807, 2.05) is 0 Å². The van der Waals surface area contributed by atoms with Crippen molar-refractivity contribution in [2.24, 2.45) is 4.99 Å². The van der Waals surface area contributed by atoms with Gasteiger partial charge < -0.3 is 13.9 Å². The lowest BCUT2D eigenvalue weighted by atomic mass is 10.9. The standard InChI is InChI=1S/C8H17N2O4P/c1-5-13-15(12,14-6-2)8(11)9-7-10(3)4/h7H,5-6H2,1-4H3. The molecule has 0 aliphatic carbocycles. The van der Waals surface area contributed by atoms with Crippen LogP contribution in [0.3, 0.4) is 0 Å². The first-order valence-corrected chi connectivity index (χ1v) is 6.14. The molecule has 0 saturated heterocycles. The first-order chi connectivity index (χ1) is 6.96. The molecule has 0 fully saturated rings. The summed E-state index contributed by atoms with van der Waals surface area (Å²) < 4.78 is 21.4. The summed E-state index contributed by atoms with van der Waals surface area (Å²) in [6, 6.07) is 0. The van der Waals surface area contributed by atoms with Crippen LogP contribution in [-0.2, 0) is 13.6 Å². The second kappa shape index (κ2) is 6.71. The number of amides is 1. The number of carbonyl (C=O) groups excluding carboxylic acids is 1. The highest BCUT2D eigenvalue weighted by molar-refractivity contribution is 7.71. The largest absolute Gasteiger partial charge is 0.420 e. The number of hydrogen-bond acceptors (Lipinski definition) is 4. The lowest BCUT2D eigenvalue weighted by Gasteiger charge is -2.12. The quantitative estimate of drug-likeness (QED) is 0.400. The number of nitrogens with zero attached hydrogens (tertiary/aromatic N) is 2. The minimum Gasteiger partial charge on any atom is -0.369 e. The van der Waals surface area contributed by atoms with Gasteiger partial charge in [0.15, 0.2) is 0 Å². The van der Waals surface area contributed by atoms with Crippen molar-refractivity contribution in [1.82, 2.24) is 4.90 Å². The molecule has 0 unspecified atom stereocenters. The molecule has 88 valence electrons. The Hall–Kier alpha value is -0.710. The molecule has 0 bridgehead atoms. The van der Waals surface area contributed by atoms with Gasteiger partial charge in [-0.3, -0.25) is 4.79 Å². The van der Waals surface area contributed by atoms with E-state index in [0.29, 0.717) is 0 Å². The molecule has 6 nitrogen and oxygen atoms in total. The van der Waals surface area contributed by atoms with Crippen molar-refractivity contribution < 1.29 is 18.4 Å². The zero-order valence-electron chi connectivity index (χ0n) is 9.47. The Labute approximate surface area is 89.8 Å². The second-order valence-corrected chi connectivity index (χ2v) is 4.72. The number of rotatable bonds is 6. The van der Waals surface area contributed by atoms with Gasteiger partial charge in [0, 0.05) is 14.1 Å². The van der Waals surface area contributed by atoms with Gasteiger partial charge in [-0.2, -0.15) is 4.99 Å². The van der Waals surface area contributed by atoms with Crippen molar-refractivity contribution in [3.63, 3.8) is 0 Å². The highest BCUT2D eigenvalue weighted by atomic mass is 31.2. The van der Waals surface area contributed by atoms with Crippen LogP contribution in [-0.4, -0.2) is 44.2 Å². The maximum absolute atomic E-state index is 11.8. The SMILES string of the molecule is CCOP(=O)(OCC)C(=O)N=CN(C)C. The fourth-order valence-electron chi connectivity index (χ4n) is 0.723. The molecule has 0 aromatic heterocycles. The van der Waals surface area contributed by atoms with Crippen molar-refractivity contribution in [3.05, 3.63) is 0 Å². The topological polar surface area (TPSA) is 68.2 Å². The summed E-state index contributed by atoms with van der Waals surface area (Å²) in [7, 11) is -0.335. The van der Waals surface area contributed by atoms with Crippen LogP contribution in [0.1, 0.15) is 13.8 Å². The normalized spacial score (nSPS) is 12.0. The van der Waals surface area contributed by atoms with Crippen LogP contribution >= 0.6 is 7.60 Å². The Morgan fingerprint density at radius 2 is 1.80 bits per heavy atom. The minimum absolute atomic E-state index is 0.139. The van der Waals surface area contributed by atoms with Crippen LogP contribution in [0.2, 0.25) is 0 Å². The molecule has 0 spiro atoms. The monoisotopic (exact) mass is 236 g/mol. The molecule has 7 heteroatoms. The van der Waals surface area contributed by atoms with E-state index in [4.69, 9.17) is 9.05 Å². The smallest absolute Gasteiger partial charge is 0.369 e. The summed E-state index contributed by atoms with van der Waals surface area (Å²) in [6.07, 6.45) is 1.26. The van der Waals surface area contributed by atoms with Gasteiger partial charge in [-0.1, -0.05) is 0 Å². The third-order valence-corrected chi connectivity index (χ3v) is 3.01. The van der Waals surface area contributed by atoms with E-state index in [1.165, 1.54) is 6.34 Å². The van der Waals surface area contributed by atoms with E-state index in [1.54, 1.807) is 32.8 Å². The molecule has 0 heterocycles. The Balaban J connectivity index is 4.63. The number of hydrogen-bond donors (Lipinski definition) is 0. The zero-order chi connectivity index (χ0) is 11.9. The molecule has 0 aromatic rings. The Bertz CT molecular complexity index is 268. The maximum Gasteiger partial charge on any atom is 0.420 e. The molecule has 1 amide bonds. The van der Waals surface area contributed by atoms with Crippen LogP contribution in [0.15, 0.2) is 4.99 Å². The summed E-state index contributed by atoms with van der Waals surface area (Å²) >= 11 is 0. The fraction of sp³-hybridized carbons (Fsp3) is 0.750. The molecule has 0 N–H and O–H groups in total. The third kappa shape index (κ3) is 5.06. The highest BCUT2D eigenvalue weighted by Crippen LogP contribution is 2.49. The molecule has 0 aromatic carbocycles. The van der Waals surface area contributed by atoms with Crippen LogP contribution < -0.4 is 0 Å². The predicted octanol–water partition coefficient (Wildman–Crippen LogP) is 1.96. The average molecular weight is 236 g/mol. The maximum atomic E-state index is 11.8. The number of carbonyl (C=O) groups is 1. The summed E-state index contributed by atoms with van der Waals surface area (Å²) in [6.45, 7) is 3.55. The summed E-state index contributed by atoms with van der Waals surface area (Å²) in [5, 5.41) is 0. The van der Waals surface area contributed by atoms with Crippen molar-refractivity contribution in [2.45, 2.75) is 13.8 Å². The summed E-state index contributed by atoms with van der Waals surface area (Å²) in [5.74, 6) is 0. The molecule has 0 rings (SSSR count). The van der Waals surface area contributed by atoms with Gasteiger partial charge in [-0.05, 0) is 13.8 Å². The molecular formula is C8H17N2O4P. The summed E-state index contributed by atoms with van der Waals surface area (Å²) in [4.78, 5) is 16.4. The van der Waals surface area contributed by atoms with Crippen LogP contribution in [0.25, 0.3) is 0 Å². The van der Waals surface area contributed by atoms with E-state index >= 15 is 0 Å². The van der Waals surface area contributed by atoms with Gasteiger partial charge in [0.2, 0.25) is 0 Å². The van der Waals surface area contributed by atoms with Crippen LogP contribution in [0, 0.1) is 0 Å². The van der Waals surface area contributed by atoms with Gasteiger partial charge in [-0.15, -0.1) is 0 Å². The van der Waals surface area contributed by atoms with Crippen molar-refractivity contribution in [1.29, 1.82) is 0 Å². The van der Waals surface area contributed by atoms with Gasteiger partial charge in [0.25, 0.3) is 0 Å². The lowest BCUT2D eigenvalue weighted by Crippen LogP contribution is -2.10. The van der Waals surface area contributed by atoms with E-state index in [-0.39, 0.29) is 13.2 Å². The van der Waals surface area contributed by atoms with Crippen LogP contribution in [0.5, 0.6) is 0 Å². The summed E-state index contributed by atoms with van der Waals surface area (Å²) in [5.41, 5.74) is -0.875. The molecule has 0 atom stereocenters. The van der Waals surface area contributed by atoms with Crippen molar-refractivity contribution >= 4 is 19.6 Å². The predicted molar refractivity (Wildman–Crippen MR) is 58.4 cm³/mol. The van der Waals surface area contributed by atoms with E-state index in [2.05, 4.69) is 4.99 Å². The molecule has 0 aliphatic rings. The number of aliphatic imine (C=N–C) groups is 1. The van der Waals surface area contributed by atoms with Crippen molar-refractivity contribution in [3.8, 4) is 0 Å². The molecule has 0 saturated carbocycles. The highest BCUT2D eigenvalue weighted by Gasteiger charge is 2.33. The fourth-order valence-corrected chi connectivity index (χ4v) is 1.89. The van der Waals surface area contributed by atoms with Gasteiger partial charge in [0.05, 0.1) is 19.6 Å². The van der Waals surface area contributed by atoms with Gasteiger partial charge in [0.1, 0.15) is 0 Å². The molecular weight excluding hydrogens is 219 g/mol. The Morgan fingerprint density at radius 1 is 1.33 bits per heavy atom. The lowest BCUT2D eigenvalue weighted by molar-refractivity contribution is 0.211. The zero-order valence-corrected chi connectivity index (χ0v) is 10.4. The Morgan fingerprint density at radius 3 is 2.13 bits per heavy atom. The van der Waals surface area contributed by atoms with Gasteiger partial charge in [-0.25, -0.2) is 4.57 Å². The minimum atomic E-state index is -3.73. The van der Waals surface area contributed by atoms with Gasteiger partial charge >= 0.3 is 13.2 Å². The van der Waals surface area contributed by atoms with E-state index < -0.39 is 13.2 Å². The first kappa shape index (κ1) is 14.3. The second-order valence-electron chi connectivity index (χ2n) is 2.82. The van der Waals surface area contributed by atoms with Crippen molar-refractivity contribution in [2.75, 3.05) is 27.3 Å². The molecule has 0 aliphatic heterocycles. The van der Waals surface area contributed by atoms with E-state index in [9.17, 15) is 9.36 Å². The first-order valence-electron chi connectivity index (χ1n) is 4.60. The Kier molecular flexibility index (Phi) is 6.40. The average Bonchev–Trinajstić information content (AvgIpc) is 2.14. The van der Waals surface area contributed by atoms with E-state index in [0.717, 1.165) is 0 Å². The van der Waals surface area contributed by atoms with Crippen LogP contribution in [0.4, 0.5) is 4.79 Å². The molecule has 15 heavy (non-hydrogen) atoms. The molecule has 0 radical (unpaired) electrons.